The van der Waals surface area contributed by atoms with Gasteiger partial charge < -0.3 is 0 Å². The summed E-state index contributed by atoms with van der Waals surface area (Å²) in [5, 5.41) is 0. The maximum absolute atomic E-state index is 11.3. The molecule has 11 heavy (non-hydrogen) atoms. The Kier molecular flexibility index (Phi) is 1.25. The van der Waals surface area contributed by atoms with Gasteiger partial charge in [-0.3, -0.25) is 4.79 Å². The Labute approximate surface area is 66.2 Å². The van der Waals surface area contributed by atoms with Crippen molar-refractivity contribution in [2.45, 2.75) is 26.2 Å². The van der Waals surface area contributed by atoms with Crippen LogP contribution >= 0.6 is 0 Å². The standard InChI is InChI=1S/C9H12NO/c1-6-9-7(10(6)2)4-3-5-8(9)11/h3-5H2,1-2H3/q+1. The quantitative estimate of drug-likeness (QED) is 0.474. The first-order valence-electron chi connectivity index (χ1n) is 4.06. The van der Waals surface area contributed by atoms with Gasteiger partial charge in [0.15, 0.2) is 22.8 Å². The highest BCUT2D eigenvalue weighted by Gasteiger charge is 2.39. The van der Waals surface area contributed by atoms with E-state index >= 15 is 0 Å². The highest BCUT2D eigenvalue weighted by Crippen LogP contribution is 2.27. The van der Waals surface area contributed by atoms with Crippen LogP contribution in [-0.2, 0) is 4.79 Å². The second kappa shape index (κ2) is 2.03. The molecule has 1 heterocycles. The molecule has 0 unspecified atom stereocenters. The average Bonchev–Trinajstić information content (AvgIpc) is 2.03. The predicted octanol–water partition coefficient (Wildman–Crippen LogP) is 1.11. The van der Waals surface area contributed by atoms with Crippen LogP contribution < -0.4 is 0 Å². The number of allylic oxidation sites excluding steroid dienone is 2. The van der Waals surface area contributed by atoms with E-state index in [2.05, 4.69) is 4.58 Å². The van der Waals surface area contributed by atoms with Gasteiger partial charge in [-0.25, -0.2) is 4.58 Å². The lowest BCUT2D eigenvalue weighted by molar-refractivity contribution is -0.457. The van der Waals surface area contributed by atoms with Crippen molar-refractivity contribution in [1.29, 1.82) is 0 Å². The lowest BCUT2D eigenvalue weighted by atomic mass is 9.86. The van der Waals surface area contributed by atoms with Gasteiger partial charge in [0.05, 0.1) is 0 Å². The summed E-state index contributed by atoms with van der Waals surface area (Å²) < 4.78 is 2.13. The van der Waals surface area contributed by atoms with E-state index in [4.69, 9.17) is 0 Å². The van der Waals surface area contributed by atoms with Crippen LogP contribution in [0.5, 0.6) is 0 Å². The summed E-state index contributed by atoms with van der Waals surface area (Å²) in [5.41, 5.74) is 3.45. The highest BCUT2D eigenvalue weighted by atomic mass is 16.1. The molecule has 0 amide bonds. The van der Waals surface area contributed by atoms with Crippen LogP contribution in [-0.4, -0.2) is 23.1 Å². The van der Waals surface area contributed by atoms with Crippen LogP contribution in [0, 0.1) is 0 Å². The molecule has 1 aliphatic carbocycles. The Bertz CT molecular complexity index is 297. The third-order valence-corrected chi connectivity index (χ3v) is 2.65. The molecule has 0 bridgehead atoms. The van der Waals surface area contributed by atoms with Crippen molar-refractivity contribution in [2.75, 3.05) is 7.05 Å². The van der Waals surface area contributed by atoms with E-state index < -0.39 is 0 Å². The number of carbonyl (C=O) groups is 1. The fraction of sp³-hybridized carbons (Fsp3) is 0.556. The van der Waals surface area contributed by atoms with Crippen LogP contribution in [0.1, 0.15) is 26.2 Å². The van der Waals surface area contributed by atoms with E-state index in [1.165, 1.54) is 5.71 Å². The second-order valence-corrected chi connectivity index (χ2v) is 3.24. The Hall–Kier alpha value is -0.920. The number of carbonyl (C=O) groups excluding carboxylic acids is 1. The van der Waals surface area contributed by atoms with Gasteiger partial charge in [0, 0.05) is 19.8 Å². The molecule has 1 fully saturated rings. The number of hydrogen-bond donors (Lipinski definition) is 0. The molecular weight excluding hydrogens is 138 g/mol. The first kappa shape index (κ1) is 6.77. The molecule has 2 heteroatoms. The molecule has 0 aromatic carbocycles. The Morgan fingerprint density at radius 3 is 2.73 bits per heavy atom. The summed E-state index contributed by atoms with van der Waals surface area (Å²) in [6, 6.07) is 0. The van der Waals surface area contributed by atoms with E-state index in [1.54, 1.807) is 0 Å². The summed E-state index contributed by atoms with van der Waals surface area (Å²) in [6.45, 7) is 2.02. The molecule has 0 aromatic heterocycles. The van der Waals surface area contributed by atoms with Gasteiger partial charge in [-0.15, -0.1) is 0 Å². The third-order valence-electron chi connectivity index (χ3n) is 2.65. The minimum Gasteiger partial charge on any atom is -0.294 e. The number of hydrogen-bond acceptors (Lipinski definition) is 1. The first-order chi connectivity index (χ1) is 5.22. The highest BCUT2D eigenvalue weighted by molar-refractivity contribution is 6.24. The lowest BCUT2D eigenvalue weighted by Gasteiger charge is -2.21. The smallest absolute Gasteiger partial charge is 0.198 e. The van der Waals surface area contributed by atoms with Crippen LogP contribution in [0.3, 0.4) is 0 Å². The molecule has 1 saturated carbocycles. The number of Topliss-reactive ketones (excluding diaryl/α,β-unsaturated/α-hetero) is 1. The first-order valence-corrected chi connectivity index (χ1v) is 4.06. The molecule has 0 spiro atoms. The third kappa shape index (κ3) is 0.724. The Balaban J connectivity index is 2.38. The molecule has 1 aliphatic heterocycles. The van der Waals surface area contributed by atoms with Gasteiger partial charge in [-0.1, -0.05) is 0 Å². The van der Waals surface area contributed by atoms with Gasteiger partial charge in [0.25, 0.3) is 0 Å². The number of fused-ring (bicyclic) bond motifs is 1. The monoisotopic (exact) mass is 150 g/mol. The topological polar surface area (TPSA) is 20.1 Å². The normalized spacial score (nSPS) is 23.6. The predicted molar refractivity (Wildman–Crippen MR) is 42.7 cm³/mol. The summed E-state index contributed by atoms with van der Waals surface area (Å²) in [6.07, 6.45) is 2.88. The minimum absolute atomic E-state index is 0.349. The van der Waals surface area contributed by atoms with Crippen LogP contribution in [0.2, 0.25) is 0 Å². The van der Waals surface area contributed by atoms with Crippen molar-refractivity contribution >= 4 is 11.5 Å². The maximum Gasteiger partial charge on any atom is 0.198 e. The minimum atomic E-state index is 0.349. The van der Waals surface area contributed by atoms with E-state index in [0.29, 0.717) is 5.78 Å². The average molecular weight is 150 g/mol. The summed E-state index contributed by atoms with van der Waals surface area (Å²) in [4.78, 5) is 11.3. The zero-order valence-corrected chi connectivity index (χ0v) is 6.98. The summed E-state index contributed by atoms with van der Waals surface area (Å²) >= 11 is 0. The van der Waals surface area contributed by atoms with Gasteiger partial charge in [0.1, 0.15) is 7.05 Å². The van der Waals surface area contributed by atoms with Crippen molar-refractivity contribution < 1.29 is 9.37 Å². The largest absolute Gasteiger partial charge is 0.294 e. The van der Waals surface area contributed by atoms with E-state index in [0.717, 1.165) is 30.5 Å². The molecule has 0 aromatic rings. The van der Waals surface area contributed by atoms with Crippen molar-refractivity contribution in [2.24, 2.45) is 0 Å². The number of ketones is 1. The van der Waals surface area contributed by atoms with E-state index in [1.807, 2.05) is 14.0 Å². The summed E-state index contributed by atoms with van der Waals surface area (Å²) in [7, 11) is 2.03. The zero-order chi connectivity index (χ0) is 8.01. The van der Waals surface area contributed by atoms with Crippen LogP contribution in [0.25, 0.3) is 0 Å². The molecule has 58 valence electrons. The number of nitrogens with zero attached hydrogens (tertiary/aromatic N) is 1. The van der Waals surface area contributed by atoms with Crippen molar-refractivity contribution in [3.8, 4) is 0 Å². The van der Waals surface area contributed by atoms with E-state index in [9.17, 15) is 4.79 Å². The molecule has 0 saturated heterocycles. The van der Waals surface area contributed by atoms with Gasteiger partial charge in [0.2, 0.25) is 0 Å². The zero-order valence-electron chi connectivity index (χ0n) is 6.98. The Morgan fingerprint density at radius 2 is 2.09 bits per heavy atom. The lowest BCUT2D eigenvalue weighted by Crippen LogP contribution is -2.36. The molecule has 0 N–H and O–H groups in total. The van der Waals surface area contributed by atoms with Gasteiger partial charge in [-0.05, 0) is 6.42 Å². The number of rotatable bonds is 0. The van der Waals surface area contributed by atoms with Crippen molar-refractivity contribution in [3.05, 3.63) is 11.3 Å². The summed E-state index contributed by atoms with van der Waals surface area (Å²) in [5.74, 6) is 0.349. The molecule has 2 aliphatic rings. The molecule has 2 nitrogen and oxygen atoms in total. The van der Waals surface area contributed by atoms with Crippen molar-refractivity contribution in [1.82, 2.24) is 0 Å². The maximum atomic E-state index is 11.3. The molecule has 2 rings (SSSR count). The molecular formula is C9H12NO+. The van der Waals surface area contributed by atoms with Crippen LogP contribution in [0.15, 0.2) is 11.3 Å². The fourth-order valence-electron chi connectivity index (χ4n) is 1.89. The van der Waals surface area contributed by atoms with Gasteiger partial charge >= 0.3 is 0 Å². The molecule has 0 atom stereocenters. The SMILES string of the molecule is CC1=C2C(=O)CCCC2=[N+]1C. The fourth-order valence-corrected chi connectivity index (χ4v) is 1.89. The van der Waals surface area contributed by atoms with Crippen LogP contribution in [0.4, 0.5) is 0 Å². The van der Waals surface area contributed by atoms with E-state index in [-0.39, 0.29) is 0 Å². The Morgan fingerprint density at radius 1 is 1.36 bits per heavy atom. The van der Waals surface area contributed by atoms with Gasteiger partial charge in [-0.2, -0.15) is 0 Å². The second-order valence-electron chi connectivity index (χ2n) is 3.24. The molecule has 0 radical (unpaired) electrons. The van der Waals surface area contributed by atoms with Crippen molar-refractivity contribution in [3.63, 3.8) is 0 Å².